The second kappa shape index (κ2) is 14.7. The molecule has 4 heterocycles. The number of nitrogens with two attached hydrogens (primary N) is 1. The fourth-order valence-corrected chi connectivity index (χ4v) is 7.17. The number of halogens is 5. The average molecular weight is 775 g/mol. The smallest absolute Gasteiger partial charge is 0.435 e. The largest absolute Gasteiger partial charge is 0.477 e. The van der Waals surface area contributed by atoms with E-state index in [4.69, 9.17) is 17.3 Å². The van der Waals surface area contributed by atoms with Crippen LogP contribution in [0.15, 0.2) is 48.8 Å². The van der Waals surface area contributed by atoms with Crippen molar-refractivity contribution in [1.82, 2.24) is 29.1 Å². The lowest BCUT2D eigenvalue weighted by atomic mass is 9.93. The Bertz CT molecular complexity index is 2120. The third-order valence-electron chi connectivity index (χ3n) is 9.91. The molecule has 4 N–H and O–H groups in total. The second-order valence-corrected chi connectivity index (χ2v) is 14.1. The number of amides is 3. The summed E-state index contributed by atoms with van der Waals surface area (Å²) in [7, 11) is 3.22. The van der Waals surface area contributed by atoms with Crippen molar-refractivity contribution in [1.29, 1.82) is 0 Å². The number of piperidine rings is 1. The van der Waals surface area contributed by atoms with E-state index in [0.29, 0.717) is 43.5 Å². The summed E-state index contributed by atoms with van der Waals surface area (Å²) in [5.74, 6) is -3.34. The average Bonchev–Trinajstić information content (AvgIpc) is 3.72. The van der Waals surface area contributed by atoms with Gasteiger partial charge in [-0.05, 0) is 36.4 Å². The zero-order valence-electron chi connectivity index (χ0n) is 29.2. The number of rotatable bonds is 8. The van der Waals surface area contributed by atoms with Gasteiger partial charge in [0.2, 0.25) is 5.91 Å². The van der Waals surface area contributed by atoms with E-state index in [1.165, 1.54) is 37.4 Å². The van der Waals surface area contributed by atoms with Crippen LogP contribution in [-0.4, -0.2) is 115 Å². The zero-order valence-corrected chi connectivity index (χ0v) is 30.0. The number of carbonyl (C=O) groups excluding carboxylic acids is 3. The summed E-state index contributed by atoms with van der Waals surface area (Å²) < 4.78 is 59.0. The number of likely N-dealkylation sites (tertiary alicyclic amines) is 1. The molecule has 0 unspecified atom stereocenters. The van der Waals surface area contributed by atoms with E-state index in [9.17, 15) is 41.8 Å². The Morgan fingerprint density at radius 1 is 1.04 bits per heavy atom. The van der Waals surface area contributed by atoms with Crippen molar-refractivity contribution in [3.8, 4) is 16.9 Å². The highest BCUT2D eigenvalue weighted by molar-refractivity contribution is 6.34. The maximum Gasteiger partial charge on any atom is 0.435 e. The topological polar surface area (TPSA) is 169 Å². The van der Waals surface area contributed by atoms with Crippen molar-refractivity contribution in [2.75, 3.05) is 63.9 Å². The normalized spacial score (nSPS) is 19.1. The van der Waals surface area contributed by atoms with Crippen molar-refractivity contribution < 1.29 is 46.3 Å². The first-order valence-electron chi connectivity index (χ1n) is 16.9. The number of aromatic nitrogens is 4. The van der Waals surface area contributed by atoms with Gasteiger partial charge in [-0.15, -0.1) is 0 Å². The van der Waals surface area contributed by atoms with E-state index in [1.54, 1.807) is 9.80 Å². The molecule has 2 aliphatic heterocycles. The Hall–Kier alpha value is -5.49. The van der Waals surface area contributed by atoms with E-state index >= 15 is 0 Å². The maximum atomic E-state index is 14.6. The van der Waals surface area contributed by atoms with Crippen molar-refractivity contribution in [3.05, 3.63) is 76.7 Å². The first kappa shape index (κ1) is 38.2. The number of carbonyl (C=O) groups is 4. The van der Waals surface area contributed by atoms with Crippen molar-refractivity contribution in [3.63, 3.8) is 0 Å². The first-order chi connectivity index (χ1) is 25.4. The number of hydrogen-bond acceptors (Lipinski definition) is 7. The molecule has 2 aliphatic rings. The van der Waals surface area contributed by atoms with Gasteiger partial charge in [0.25, 0.3) is 11.8 Å². The molecule has 0 spiro atoms. The summed E-state index contributed by atoms with van der Waals surface area (Å²) >= 11 is 6.48. The van der Waals surface area contributed by atoms with Crippen LogP contribution in [0, 0.1) is 11.7 Å². The van der Waals surface area contributed by atoms with Crippen LogP contribution in [0.3, 0.4) is 0 Å². The third-order valence-corrected chi connectivity index (χ3v) is 10.2. The van der Waals surface area contributed by atoms with Gasteiger partial charge in [0.05, 0.1) is 48.2 Å². The highest BCUT2D eigenvalue weighted by Gasteiger charge is 2.40. The van der Waals surface area contributed by atoms with E-state index in [-0.39, 0.29) is 76.5 Å². The van der Waals surface area contributed by atoms with E-state index in [0.717, 1.165) is 27.7 Å². The van der Waals surface area contributed by atoms with Crippen LogP contribution in [-0.2, 0) is 22.8 Å². The van der Waals surface area contributed by atoms with Crippen LogP contribution in [0.1, 0.15) is 39.5 Å². The molecule has 19 heteroatoms. The fraction of sp³-hybridized carbons (Fsp3) is 0.371. The Morgan fingerprint density at radius 3 is 2.31 bits per heavy atom. The van der Waals surface area contributed by atoms with Gasteiger partial charge >= 0.3 is 12.1 Å². The predicted molar refractivity (Wildman–Crippen MR) is 188 cm³/mol. The molecule has 0 bridgehead atoms. The number of carboxylic acids is 1. The summed E-state index contributed by atoms with van der Waals surface area (Å²) in [6, 6.07) is 7.72. The lowest BCUT2D eigenvalue weighted by Gasteiger charge is -2.41. The number of carboxylic acid groups (broad SMARTS) is 1. The molecule has 0 radical (unpaired) electrons. The molecular formula is C35H37ClF4N9O5+. The molecule has 2 aromatic carbocycles. The number of imidazole rings is 1. The molecule has 6 rings (SSSR count). The van der Waals surface area contributed by atoms with Gasteiger partial charge in [0.15, 0.2) is 23.9 Å². The molecular weight excluding hydrogens is 738 g/mol. The molecule has 286 valence electrons. The van der Waals surface area contributed by atoms with E-state index < -0.39 is 35.1 Å². The molecule has 2 fully saturated rings. The minimum Gasteiger partial charge on any atom is -0.477 e. The molecule has 0 aliphatic carbocycles. The number of likely N-dealkylation sites (N-methyl/N-ethyl adjacent to an activating group) is 1. The molecule has 3 amide bonds. The SMILES string of the molecule is Cn1c(-c2cn(-c3ccc(N)cc3F)nc2C(F)(F)F)cnc1C(=O)Nc1ccc(C(=O)N2CCN(C(=O)C3CC[N+](C)(CC(=O)O)CC3)CC2)c(Cl)c1. The minimum atomic E-state index is -4.93. The summed E-state index contributed by atoms with van der Waals surface area (Å²) in [6.07, 6.45) is -1.68. The number of hydrogen-bond donors (Lipinski definition) is 3. The van der Waals surface area contributed by atoms with Crippen molar-refractivity contribution >= 4 is 46.7 Å². The van der Waals surface area contributed by atoms with Crippen molar-refractivity contribution in [2.24, 2.45) is 13.0 Å². The zero-order chi connectivity index (χ0) is 39.1. The van der Waals surface area contributed by atoms with Gasteiger partial charge in [-0.25, -0.2) is 18.9 Å². The number of nitrogens with one attached hydrogen (secondary N) is 1. The molecule has 4 aromatic rings. The minimum absolute atomic E-state index is 0.00560. The van der Waals surface area contributed by atoms with E-state index in [1.807, 2.05) is 7.05 Å². The summed E-state index contributed by atoms with van der Waals surface area (Å²) in [5, 5.41) is 15.4. The highest BCUT2D eigenvalue weighted by atomic mass is 35.5. The van der Waals surface area contributed by atoms with Crippen molar-refractivity contribution in [2.45, 2.75) is 19.0 Å². The second-order valence-electron chi connectivity index (χ2n) is 13.7. The summed E-state index contributed by atoms with van der Waals surface area (Å²) in [4.78, 5) is 58.4. The van der Waals surface area contributed by atoms with Crippen LogP contribution in [0.4, 0.5) is 28.9 Å². The molecule has 0 saturated carbocycles. The third kappa shape index (κ3) is 7.89. The Balaban J connectivity index is 1.09. The Morgan fingerprint density at radius 2 is 1.70 bits per heavy atom. The number of benzene rings is 2. The van der Waals surface area contributed by atoms with Crippen LogP contribution in [0.5, 0.6) is 0 Å². The van der Waals surface area contributed by atoms with E-state index in [2.05, 4.69) is 15.4 Å². The van der Waals surface area contributed by atoms with Gasteiger partial charge in [0, 0.05) is 69.6 Å². The van der Waals surface area contributed by atoms with Crippen LogP contribution >= 0.6 is 11.6 Å². The fourth-order valence-electron chi connectivity index (χ4n) is 6.91. The summed E-state index contributed by atoms with van der Waals surface area (Å²) in [6.45, 7) is 2.46. The maximum absolute atomic E-state index is 14.6. The standard InChI is InChI=1S/C35H36ClF4N9O5/c1-45-28(24-18-48(44-30(24)35(38,39)40)27-6-3-21(41)15-26(27)37)17-42-31(45)32(52)43-22-4-5-23(25(36)16-22)34(54)47-11-9-46(10-12-47)33(53)20-7-13-49(2,14-8-20)19-29(50)51/h3-6,15-18,20H,7-14,19,41H2,1-2H3,(H-,43,50,51,52,54)/p+1. The number of quaternary nitrogens is 1. The van der Waals surface area contributed by atoms with Crippen LogP contribution in [0.25, 0.3) is 16.9 Å². The molecule has 2 saturated heterocycles. The van der Waals surface area contributed by atoms with Gasteiger partial charge in [0.1, 0.15) is 5.69 Å². The first-order valence-corrected chi connectivity index (χ1v) is 17.3. The lowest BCUT2D eigenvalue weighted by Crippen LogP contribution is -2.56. The number of piperazine rings is 1. The van der Waals surface area contributed by atoms with Crippen LogP contribution in [0.2, 0.25) is 5.02 Å². The number of alkyl halides is 3. The van der Waals surface area contributed by atoms with Gasteiger partial charge in [-0.1, -0.05) is 11.6 Å². The molecule has 54 heavy (non-hydrogen) atoms. The highest BCUT2D eigenvalue weighted by Crippen LogP contribution is 2.37. The number of aliphatic carboxylic acids is 1. The Kier molecular flexibility index (Phi) is 10.4. The summed E-state index contributed by atoms with van der Waals surface area (Å²) in [5.41, 5.74) is 3.85. The quantitative estimate of drug-likeness (QED) is 0.136. The van der Waals surface area contributed by atoms with Gasteiger partial charge < -0.3 is 35.0 Å². The Labute approximate surface area is 311 Å². The predicted octanol–water partition coefficient (Wildman–Crippen LogP) is 4.14. The van der Waals surface area contributed by atoms with Gasteiger partial charge in [-0.2, -0.15) is 18.3 Å². The molecule has 14 nitrogen and oxygen atoms in total. The van der Waals surface area contributed by atoms with Crippen LogP contribution < -0.4 is 11.1 Å². The number of anilines is 2. The molecule has 0 atom stereocenters. The number of nitrogen functional groups attached to an aromatic ring is 1. The molecule has 2 aromatic heterocycles. The van der Waals surface area contributed by atoms with Gasteiger partial charge in [-0.3, -0.25) is 14.4 Å². The lowest BCUT2D eigenvalue weighted by molar-refractivity contribution is -0.907. The monoisotopic (exact) mass is 774 g/mol. The number of nitrogens with zero attached hydrogens (tertiary/aromatic N) is 7.